The van der Waals surface area contributed by atoms with Gasteiger partial charge >= 0.3 is 6.18 Å². The van der Waals surface area contributed by atoms with Gasteiger partial charge in [-0.1, -0.05) is 31.2 Å². The number of hydrogen-bond donors (Lipinski definition) is 2. The molecule has 25 heavy (non-hydrogen) atoms. The number of benzene rings is 2. The Bertz CT molecular complexity index is 773. The summed E-state index contributed by atoms with van der Waals surface area (Å²) in [7, 11) is 0. The highest BCUT2D eigenvalue weighted by molar-refractivity contribution is 6.08. The summed E-state index contributed by atoms with van der Waals surface area (Å²) in [6, 6.07) is 11.4. The number of anilines is 2. The van der Waals surface area contributed by atoms with Crippen LogP contribution in [0.2, 0.25) is 0 Å². The number of nitrogens with one attached hydrogen (secondary N) is 2. The first kappa shape index (κ1) is 18.5. The van der Waals surface area contributed by atoms with E-state index < -0.39 is 30.0 Å². The number of para-hydroxylation sites is 1. The third kappa shape index (κ3) is 5.34. The minimum Gasteiger partial charge on any atom is -0.326 e. The average Bonchev–Trinajstić information content (AvgIpc) is 2.54. The molecule has 0 aromatic heterocycles. The zero-order chi connectivity index (χ0) is 18.4. The Morgan fingerprint density at radius 3 is 2.32 bits per heavy atom. The van der Waals surface area contributed by atoms with E-state index in [1.54, 1.807) is 12.1 Å². The summed E-state index contributed by atoms with van der Waals surface area (Å²) < 4.78 is 38.0. The lowest BCUT2D eigenvalue weighted by atomic mass is 10.1. The fourth-order valence-electron chi connectivity index (χ4n) is 2.27. The van der Waals surface area contributed by atoms with Gasteiger partial charge in [0.15, 0.2) is 0 Å². The Balaban J connectivity index is 1.97. The van der Waals surface area contributed by atoms with Crippen molar-refractivity contribution in [1.29, 1.82) is 0 Å². The molecule has 2 amide bonds. The van der Waals surface area contributed by atoms with Crippen molar-refractivity contribution in [3.05, 3.63) is 59.7 Å². The maximum absolute atomic E-state index is 12.7. The summed E-state index contributed by atoms with van der Waals surface area (Å²) in [4.78, 5) is 23.8. The van der Waals surface area contributed by atoms with Crippen LogP contribution in [0.5, 0.6) is 0 Å². The predicted octanol–water partition coefficient (Wildman–Crippen LogP) is 4.24. The van der Waals surface area contributed by atoms with Gasteiger partial charge in [-0.3, -0.25) is 9.59 Å². The van der Waals surface area contributed by atoms with Gasteiger partial charge in [-0.2, -0.15) is 13.2 Å². The molecule has 0 unspecified atom stereocenters. The second kappa shape index (κ2) is 7.83. The number of halogens is 3. The molecule has 0 saturated carbocycles. The molecule has 2 aromatic rings. The van der Waals surface area contributed by atoms with Gasteiger partial charge in [0.05, 0.1) is 5.56 Å². The van der Waals surface area contributed by atoms with Crippen LogP contribution in [0.1, 0.15) is 24.5 Å². The Labute approximate surface area is 143 Å². The molecule has 7 heteroatoms. The number of carbonyl (C=O) groups is 2. The van der Waals surface area contributed by atoms with E-state index in [0.717, 1.165) is 17.7 Å². The second-order valence-electron chi connectivity index (χ2n) is 5.36. The fraction of sp³-hybridized carbons (Fsp3) is 0.222. The lowest BCUT2D eigenvalue weighted by Crippen LogP contribution is -2.22. The summed E-state index contributed by atoms with van der Waals surface area (Å²) in [6.07, 6.45) is -4.27. The third-order valence-corrected chi connectivity index (χ3v) is 3.47. The maximum Gasteiger partial charge on any atom is 0.416 e. The van der Waals surface area contributed by atoms with Gasteiger partial charge in [0.2, 0.25) is 11.8 Å². The Morgan fingerprint density at radius 1 is 0.960 bits per heavy atom. The molecular formula is C18H17F3N2O2. The van der Waals surface area contributed by atoms with E-state index in [9.17, 15) is 22.8 Å². The molecule has 2 N–H and O–H groups in total. The Hall–Kier alpha value is -2.83. The van der Waals surface area contributed by atoms with Crippen LogP contribution in [-0.2, 0) is 22.2 Å². The van der Waals surface area contributed by atoms with E-state index in [4.69, 9.17) is 0 Å². The van der Waals surface area contributed by atoms with Gasteiger partial charge in [0, 0.05) is 11.4 Å². The molecule has 2 rings (SSSR count). The van der Waals surface area contributed by atoms with E-state index in [0.29, 0.717) is 12.1 Å². The zero-order valence-electron chi connectivity index (χ0n) is 13.5. The summed E-state index contributed by atoms with van der Waals surface area (Å²) in [6.45, 7) is 1.94. The zero-order valence-corrected chi connectivity index (χ0v) is 13.5. The number of aryl methyl sites for hydroxylation is 1. The van der Waals surface area contributed by atoms with Crippen LogP contribution in [0.25, 0.3) is 0 Å². The standard InChI is InChI=1S/C18H17F3N2O2/c1-2-12-6-3-4-9-15(12)23-17(25)11-16(24)22-14-8-5-7-13(10-14)18(19,20)21/h3-10H,2,11H2,1H3,(H,22,24)(H,23,25). The van der Waals surface area contributed by atoms with E-state index in [-0.39, 0.29) is 5.69 Å². The van der Waals surface area contributed by atoms with Gasteiger partial charge in [-0.15, -0.1) is 0 Å². The normalized spacial score (nSPS) is 11.0. The molecular weight excluding hydrogens is 333 g/mol. The molecule has 2 aromatic carbocycles. The van der Waals surface area contributed by atoms with E-state index >= 15 is 0 Å². The van der Waals surface area contributed by atoms with Crippen molar-refractivity contribution < 1.29 is 22.8 Å². The minimum absolute atomic E-state index is 0.0124. The fourth-order valence-corrected chi connectivity index (χ4v) is 2.27. The summed E-state index contributed by atoms with van der Waals surface area (Å²) >= 11 is 0. The van der Waals surface area contributed by atoms with Gasteiger partial charge in [-0.25, -0.2) is 0 Å². The second-order valence-corrected chi connectivity index (χ2v) is 5.36. The monoisotopic (exact) mass is 350 g/mol. The molecule has 0 spiro atoms. The highest BCUT2D eigenvalue weighted by atomic mass is 19.4. The molecule has 0 aliphatic heterocycles. The topological polar surface area (TPSA) is 58.2 Å². The Kier molecular flexibility index (Phi) is 5.80. The SMILES string of the molecule is CCc1ccccc1NC(=O)CC(=O)Nc1cccc(C(F)(F)F)c1. The van der Waals surface area contributed by atoms with Crippen LogP contribution < -0.4 is 10.6 Å². The van der Waals surface area contributed by atoms with E-state index in [1.165, 1.54) is 12.1 Å². The van der Waals surface area contributed by atoms with Crippen molar-refractivity contribution in [2.24, 2.45) is 0 Å². The van der Waals surface area contributed by atoms with Gasteiger partial charge in [-0.05, 0) is 36.2 Å². The summed E-state index contributed by atoms with van der Waals surface area (Å²) in [5, 5.41) is 4.93. The molecule has 0 atom stereocenters. The van der Waals surface area contributed by atoms with Gasteiger partial charge in [0.1, 0.15) is 6.42 Å². The quantitative estimate of drug-likeness (QED) is 0.793. The minimum atomic E-state index is -4.50. The molecule has 0 saturated heterocycles. The summed E-state index contributed by atoms with van der Waals surface area (Å²) in [5.74, 6) is -1.23. The lowest BCUT2D eigenvalue weighted by molar-refractivity contribution is -0.137. The van der Waals surface area contributed by atoms with Gasteiger partial charge in [0.25, 0.3) is 0 Å². The molecule has 0 radical (unpaired) electrons. The molecule has 0 aliphatic carbocycles. The van der Waals surface area contributed by atoms with Crippen molar-refractivity contribution >= 4 is 23.2 Å². The maximum atomic E-state index is 12.7. The van der Waals surface area contributed by atoms with Crippen molar-refractivity contribution in [2.45, 2.75) is 25.9 Å². The van der Waals surface area contributed by atoms with Crippen molar-refractivity contribution in [3.8, 4) is 0 Å². The molecule has 132 valence electrons. The van der Waals surface area contributed by atoms with E-state index in [2.05, 4.69) is 10.6 Å². The number of alkyl halides is 3. The van der Waals surface area contributed by atoms with Crippen LogP contribution in [0.4, 0.5) is 24.5 Å². The number of amides is 2. The van der Waals surface area contributed by atoms with Crippen LogP contribution in [0.15, 0.2) is 48.5 Å². The molecule has 0 bridgehead atoms. The smallest absolute Gasteiger partial charge is 0.326 e. The summed E-state index contributed by atoms with van der Waals surface area (Å²) in [5.41, 5.74) is 0.657. The van der Waals surface area contributed by atoms with Crippen molar-refractivity contribution in [2.75, 3.05) is 10.6 Å². The Morgan fingerprint density at radius 2 is 1.64 bits per heavy atom. The first-order chi connectivity index (χ1) is 11.8. The number of rotatable bonds is 5. The molecule has 4 nitrogen and oxygen atoms in total. The van der Waals surface area contributed by atoms with Crippen molar-refractivity contribution in [3.63, 3.8) is 0 Å². The van der Waals surface area contributed by atoms with Gasteiger partial charge < -0.3 is 10.6 Å². The molecule has 0 aliphatic rings. The highest BCUT2D eigenvalue weighted by Gasteiger charge is 2.30. The van der Waals surface area contributed by atoms with Crippen LogP contribution in [0.3, 0.4) is 0 Å². The van der Waals surface area contributed by atoms with Crippen molar-refractivity contribution in [1.82, 2.24) is 0 Å². The average molecular weight is 350 g/mol. The van der Waals surface area contributed by atoms with E-state index in [1.807, 2.05) is 19.1 Å². The molecule has 0 heterocycles. The first-order valence-electron chi connectivity index (χ1n) is 7.64. The number of hydrogen-bond acceptors (Lipinski definition) is 2. The largest absolute Gasteiger partial charge is 0.416 e. The lowest BCUT2D eigenvalue weighted by Gasteiger charge is -2.11. The third-order valence-electron chi connectivity index (χ3n) is 3.47. The van der Waals surface area contributed by atoms with Crippen LogP contribution >= 0.6 is 0 Å². The van der Waals surface area contributed by atoms with Crippen LogP contribution in [0, 0.1) is 0 Å². The predicted molar refractivity (Wildman–Crippen MR) is 89.1 cm³/mol. The number of carbonyl (C=O) groups excluding carboxylic acids is 2. The molecule has 0 fully saturated rings. The first-order valence-corrected chi connectivity index (χ1v) is 7.64. The highest BCUT2D eigenvalue weighted by Crippen LogP contribution is 2.30. The van der Waals surface area contributed by atoms with Crippen LogP contribution in [-0.4, -0.2) is 11.8 Å².